The summed E-state index contributed by atoms with van der Waals surface area (Å²) >= 11 is 5.94. The first-order valence-corrected chi connectivity index (χ1v) is 4.02. The van der Waals surface area contributed by atoms with Gasteiger partial charge in [0.1, 0.15) is 0 Å². The highest BCUT2D eigenvalue weighted by atomic mass is 35.5. The average molecular weight is 169 g/mol. The Labute approximate surface area is 70.6 Å². The third-order valence-electron chi connectivity index (χ3n) is 1.76. The van der Waals surface area contributed by atoms with Gasteiger partial charge in [-0.3, -0.25) is 0 Å². The molecule has 0 spiro atoms. The molecule has 1 heterocycles. The Hall–Kier alpha value is -0.890. The lowest BCUT2D eigenvalue weighted by Crippen LogP contribution is -2.20. The Bertz CT molecular complexity index is 273. The first-order valence-electron chi connectivity index (χ1n) is 3.64. The Morgan fingerprint density at radius 3 is 2.82 bits per heavy atom. The topological polar surface area (TPSA) is 24.1 Å². The van der Waals surface area contributed by atoms with E-state index >= 15 is 0 Å². The minimum atomic E-state index is 0.787. The average Bonchev–Trinajstić information content (AvgIpc) is 2.06. The molecule has 11 heavy (non-hydrogen) atoms. The SMILES string of the molecule is Clc1cccc2c1NCCN2. The number of nitrogens with one attached hydrogen (secondary N) is 2. The van der Waals surface area contributed by atoms with Crippen molar-refractivity contribution >= 4 is 23.0 Å². The number of benzene rings is 1. The standard InChI is InChI=1S/C8H9ClN2/c9-6-2-1-3-7-8(6)11-5-4-10-7/h1-3,10-11H,4-5H2. The van der Waals surface area contributed by atoms with Crippen LogP contribution in [0.2, 0.25) is 5.02 Å². The van der Waals surface area contributed by atoms with Crippen molar-refractivity contribution in [2.75, 3.05) is 23.7 Å². The summed E-state index contributed by atoms with van der Waals surface area (Å²) in [5.74, 6) is 0. The zero-order valence-corrected chi connectivity index (χ0v) is 6.78. The van der Waals surface area contributed by atoms with Crippen LogP contribution in [0, 0.1) is 0 Å². The van der Waals surface area contributed by atoms with Crippen molar-refractivity contribution in [1.82, 2.24) is 0 Å². The Kier molecular flexibility index (Phi) is 1.62. The van der Waals surface area contributed by atoms with E-state index in [1.54, 1.807) is 0 Å². The molecule has 0 saturated heterocycles. The van der Waals surface area contributed by atoms with Gasteiger partial charge in [0.25, 0.3) is 0 Å². The third kappa shape index (κ3) is 1.14. The molecule has 0 bridgehead atoms. The smallest absolute Gasteiger partial charge is 0.0765 e. The van der Waals surface area contributed by atoms with E-state index in [4.69, 9.17) is 11.6 Å². The highest BCUT2D eigenvalue weighted by Crippen LogP contribution is 2.31. The molecular formula is C8H9ClN2. The van der Waals surface area contributed by atoms with Crippen LogP contribution in [0.15, 0.2) is 18.2 Å². The second-order valence-corrected chi connectivity index (χ2v) is 2.92. The van der Waals surface area contributed by atoms with Crippen LogP contribution in [0.5, 0.6) is 0 Å². The van der Waals surface area contributed by atoms with E-state index in [1.807, 2.05) is 18.2 Å². The number of fused-ring (bicyclic) bond motifs is 1. The summed E-state index contributed by atoms with van der Waals surface area (Å²) in [4.78, 5) is 0. The fraction of sp³-hybridized carbons (Fsp3) is 0.250. The Morgan fingerprint density at radius 2 is 2.00 bits per heavy atom. The van der Waals surface area contributed by atoms with Crippen molar-refractivity contribution in [2.45, 2.75) is 0 Å². The fourth-order valence-corrected chi connectivity index (χ4v) is 1.48. The number of halogens is 1. The fourth-order valence-electron chi connectivity index (χ4n) is 1.24. The highest BCUT2D eigenvalue weighted by molar-refractivity contribution is 6.34. The van der Waals surface area contributed by atoms with Crippen LogP contribution in [-0.4, -0.2) is 13.1 Å². The summed E-state index contributed by atoms with van der Waals surface area (Å²) in [5, 5.41) is 7.28. The third-order valence-corrected chi connectivity index (χ3v) is 2.07. The van der Waals surface area contributed by atoms with Crippen LogP contribution >= 0.6 is 11.6 Å². The molecule has 0 radical (unpaired) electrons. The molecule has 0 fully saturated rings. The molecule has 1 aromatic rings. The maximum absolute atomic E-state index is 5.94. The largest absolute Gasteiger partial charge is 0.382 e. The van der Waals surface area contributed by atoms with E-state index in [0.717, 1.165) is 29.5 Å². The molecule has 58 valence electrons. The van der Waals surface area contributed by atoms with Gasteiger partial charge in [-0.25, -0.2) is 0 Å². The van der Waals surface area contributed by atoms with Crippen LogP contribution < -0.4 is 10.6 Å². The molecule has 1 aliphatic heterocycles. The molecule has 2 rings (SSSR count). The van der Waals surface area contributed by atoms with Crippen molar-refractivity contribution in [3.8, 4) is 0 Å². The van der Waals surface area contributed by atoms with E-state index in [-0.39, 0.29) is 0 Å². The van der Waals surface area contributed by atoms with Crippen molar-refractivity contribution in [1.29, 1.82) is 0 Å². The normalized spacial score (nSPS) is 14.6. The molecule has 0 aliphatic carbocycles. The van der Waals surface area contributed by atoms with E-state index in [9.17, 15) is 0 Å². The molecule has 3 heteroatoms. The van der Waals surface area contributed by atoms with Crippen LogP contribution in [0.4, 0.5) is 11.4 Å². The zero-order valence-electron chi connectivity index (χ0n) is 6.02. The van der Waals surface area contributed by atoms with Gasteiger partial charge in [-0.05, 0) is 12.1 Å². The quantitative estimate of drug-likeness (QED) is 0.621. The first kappa shape index (κ1) is 6.80. The molecule has 2 N–H and O–H groups in total. The van der Waals surface area contributed by atoms with Crippen LogP contribution in [-0.2, 0) is 0 Å². The van der Waals surface area contributed by atoms with Gasteiger partial charge in [0, 0.05) is 13.1 Å². The summed E-state index contributed by atoms with van der Waals surface area (Å²) < 4.78 is 0. The summed E-state index contributed by atoms with van der Waals surface area (Å²) in [7, 11) is 0. The molecule has 0 amide bonds. The lowest BCUT2D eigenvalue weighted by Gasteiger charge is -2.20. The maximum atomic E-state index is 5.94. The monoisotopic (exact) mass is 168 g/mol. The predicted molar refractivity (Wildman–Crippen MR) is 48.4 cm³/mol. The maximum Gasteiger partial charge on any atom is 0.0765 e. The second-order valence-electron chi connectivity index (χ2n) is 2.52. The van der Waals surface area contributed by atoms with Crippen molar-refractivity contribution in [3.05, 3.63) is 23.2 Å². The molecule has 0 unspecified atom stereocenters. The summed E-state index contributed by atoms with van der Waals surface area (Å²) in [6, 6.07) is 5.86. The second kappa shape index (κ2) is 2.62. The molecule has 1 aliphatic rings. The number of para-hydroxylation sites is 1. The van der Waals surface area contributed by atoms with Crippen LogP contribution in [0.25, 0.3) is 0 Å². The predicted octanol–water partition coefficient (Wildman–Crippen LogP) is 2.18. The van der Waals surface area contributed by atoms with Crippen molar-refractivity contribution in [3.63, 3.8) is 0 Å². The number of hydrogen-bond acceptors (Lipinski definition) is 2. The number of hydrogen-bond donors (Lipinski definition) is 2. The van der Waals surface area contributed by atoms with E-state index in [2.05, 4.69) is 10.6 Å². The first-order chi connectivity index (χ1) is 5.38. The highest BCUT2D eigenvalue weighted by Gasteiger charge is 2.08. The molecule has 0 saturated carbocycles. The van der Waals surface area contributed by atoms with E-state index in [0.29, 0.717) is 0 Å². The van der Waals surface area contributed by atoms with E-state index in [1.165, 1.54) is 0 Å². The van der Waals surface area contributed by atoms with Gasteiger partial charge in [0.05, 0.1) is 16.4 Å². The van der Waals surface area contributed by atoms with Crippen LogP contribution in [0.1, 0.15) is 0 Å². The van der Waals surface area contributed by atoms with Gasteiger partial charge in [0.15, 0.2) is 0 Å². The van der Waals surface area contributed by atoms with Gasteiger partial charge >= 0.3 is 0 Å². The molecule has 0 atom stereocenters. The molecule has 2 nitrogen and oxygen atoms in total. The Morgan fingerprint density at radius 1 is 1.18 bits per heavy atom. The minimum absolute atomic E-state index is 0.787. The summed E-state index contributed by atoms with van der Waals surface area (Å²) in [5.41, 5.74) is 2.13. The van der Waals surface area contributed by atoms with Crippen molar-refractivity contribution < 1.29 is 0 Å². The van der Waals surface area contributed by atoms with Crippen LogP contribution in [0.3, 0.4) is 0 Å². The van der Waals surface area contributed by atoms with Gasteiger partial charge in [-0.15, -0.1) is 0 Å². The summed E-state index contributed by atoms with van der Waals surface area (Å²) in [6.45, 7) is 1.91. The Balaban J connectivity index is 2.49. The molecule has 1 aromatic carbocycles. The van der Waals surface area contributed by atoms with Gasteiger partial charge in [0.2, 0.25) is 0 Å². The lowest BCUT2D eigenvalue weighted by molar-refractivity contribution is 1.05. The van der Waals surface area contributed by atoms with Gasteiger partial charge in [-0.2, -0.15) is 0 Å². The molecular weight excluding hydrogens is 160 g/mol. The van der Waals surface area contributed by atoms with Gasteiger partial charge in [-0.1, -0.05) is 17.7 Å². The van der Waals surface area contributed by atoms with Gasteiger partial charge < -0.3 is 10.6 Å². The molecule has 0 aromatic heterocycles. The zero-order chi connectivity index (χ0) is 7.68. The van der Waals surface area contributed by atoms with Crippen molar-refractivity contribution in [2.24, 2.45) is 0 Å². The van der Waals surface area contributed by atoms with E-state index < -0.39 is 0 Å². The number of rotatable bonds is 0. The summed E-state index contributed by atoms with van der Waals surface area (Å²) in [6.07, 6.45) is 0. The number of anilines is 2. The lowest BCUT2D eigenvalue weighted by atomic mass is 10.2. The minimum Gasteiger partial charge on any atom is -0.382 e.